The quantitative estimate of drug-likeness (QED) is 0.658. The van der Waals surface area contributed by atoms with Crippen LogP contribution in [0, 0.1) is 0 Å². The molecule has 0 aliphatic rings. The largest absolute Gasteiger partial charge is 0.495 e. The van der Waals surface area contributed by atoms with Gasteiger partial charge >= 0.3 is 0 Å². The molecule has 0 saturated heterocycles. The van der Waals surface area contributed by atoms with Gasteiger partial charge in [-0.1, -0.05) is 29.3 Å². The van der Waals surface area contributed by atoms with Crippen LogP contribution < -0.4 is 9.46 Å². The van der Waals surface area contributed by atoms with E-state index in [2.05, 4.69) is 9.71 Å². The van der Waals surface area contributed by atoms with Gasteiger partial charge in [0.1, 0.15) is 5.75 Å². The first-order valence-electron chi connectivity index (χ1n) is 7.49. The molecule has 2 N–H and O–H groups in total. The second-order valence-corrected chi connectivity index (χ2v) is 8.06. The van der Waals surface area contributed by atoms with Crippen LogP contribution in [0.1, 0.15) is 5.56 Å². The van der Waals surface area contributed by atoms with Crippen molar-refractivity contribution < 1.29 is 13.2 Å². The first-order chi connectivity index (χ1) is 11.9. The molecule has 0 spiro atoms. The van der Waals surface area contributed by atoms with E-state index in [1.807, 2.05) is 24.4 Å². The number of hydrogen-bond donors (Lipinski definition) is 2. The summed E-state index contributed by atoms with van der Waals surface area (Å²) in [5.74, 6) is 0.429. The maximum atomic E-state index is 12.4. The molecule has 8 heteroatoms. The Labute approximate surface area is 156 Å². The highest BCUT2D eigenvalue weighted by atomic mass is 35.5. The summed E-state index contributed by atoms with van der Waals surface area (Å²) in [5.41, 5.74) is 1.94. The van der Waals surface area contributed by atoms with E-state index in [0.717, 1.165) is 16.5 Å². The maximum Gasteiger partial charge on any atom is 0.240 e. The van der Waals surface area contributed by atoms with Crippen molar-refractivity contribution >= 4 is 44.1 Å². The van der Waals surface area contributed by atoms with Gasteiger partial charge < -0.3 is 9.72 Å². The summed E-state index contributed by atoms with van der Waals surface area (Å²) in [4.78, 5) is 3.24. The van der Waals surface area contributed by atoms with E-state index in [-0.39, 0.29) is 16.5 Å². The zero-order valence-electron chi connectivity index (χ0n) is 13.3. The lowest BCUT2D eigenvalue weighted by atomic mass is 10.1. The van der Waals surface area contributed by atoms with Crippen LogP contribution in [0.5, 0.6) is 5.75 Å². The van der Waals surface area contributed by atoms with Crippen molar-refractivity contribution in [2.24, 2.45) is 0 Å². The number of H-pyrrole nitrogens is 1. The third-order valence-electron chi connectivity index (χ3n) is 3.85. The summed E-state index contributed by atoms with van der Waals surface area (Å²) >= 11 is 12.0. The van der Waals surface area contributed by atoms with Gasteiger partial charge in [-0.05, 0) is 42.3 Å². The predicted octanol–water partition coefficient (Wildman–Crippen LogP) is 4.00. The molecule has 1 aromatic heterocycles. The van der Waals surface area contributed by atoms with E-state index in [1.165, 1.54) is 25.3 Å². The first-order valence-corrected chi connectivity index (χ1v) is 9.73. The van der Waals surface area contributed by atoms with Crippen LogP contribution in [0.4, 0.5) is 0 Å². The molecule has 0 amide bonds. The molecule has 0 saturated carbocycles. The highest BCUT2D eigenvalue weighted by Gasteiger charge is 2.16. The summed E-state index contributed by atoms with van der Waals surface area (Å²) in [5, 5.41) is 1.92. The van der Waals surface area contributed by atoms with Crippen LogP contribution in [0.15, 0.2) is 47.5 Å². The minimum atomic E-state index is -3.64. The Kier molecular flexibility index (Phi) is 5.24. The van der Waals surface area contributed by atoms with Crippen molar-refractivity contribution in [2.45, 2.75) is 11.3 Å². The Balaban J connectivity index is 1.70. The van der Waals surface area contributed by atoms with E-state index in [0.29, 0.717) is 17.2 Å². The van der Waals surface area contributed by atoms with Gasteiger partial charge in [0.05, 0.1) is 17.0 Å². The van der Waals surface area contributed by atoms with E-state index < -0.39 is 10.0 Å². The number of nitrogens with one attached hydrogen (secondary N) is 2. The molecule has 3 rings (SSSR count). The number of fused-ring (bicyclic) bond motifs is 1. The average molecular weight is 399 g/mol. The number of hydrogen-bond acceptors (Lipinski definition) is 3. The summed E-state index contributed by atoms with van der Waals surface area (Å²) in [6, 6.07) is 9.92. The molecule has 0 aliphatic carbocycles. The van der Waals surface area contributed by atoms with E-state index in [9.17, 15) is 8.42 Å². The van der Waals surface area contributed by atoms with E-state index in [1.54, 1.807) is 0 Å². The number of halogens is 2. The highest BCUT2D eigenvalue weighted by Crippen LogP contribution is 2.27. The Morgan fingerprint density at radius 2 is 1.96 bits per heavy atom. The second kappa shape index (κ2) is 7.25. The van der Waals surface area contributed by atoms with E-state index in [4.69, 9.17) is 27.9 Å². The minimum Gasteiger partial charge on any atom is -0.495 e. The Morgan fingerprint density at radius 3 is 2.68 bits per heavy atom. The summed E-state index contributed by atoms with van der Waals surface area (Å²) in [7, 11) is -2.17. The van der Waals surface area contributed by atoms with Gasteiger partial charge in [-0.2, -0.15) is 0 Å². The molecule has 132 valence electrons. The van der Waals surface area contributed by atoms with Gasteiger partial charge in [0.2, 0.25) is 10.0 Å². The Hall–Kier alpha value is -1.73. The number of benzene rings is 2. The molecule has 0 atom stereocenters. The summed E-state index contributed by atoms with van der Waals surface area (Å²) in [6.45, 7) is 0.265. The van der Waals surface area contributed by atoms with Crippen LogP contribution in [-0.4, -0.2) is 27.1 Å². The third-order valence-corrected chi connectivity index (χ3v) is 5.84. The SMILES string of the molecule is COc1ccc(S(=O)(=O)NCCc2c[nH]c3cc(Cl)ccc23)cc1Cl. The fourth-order valence-corrected chi connectivity index (χ4v) is 4.14. The molecule has 0 radical (unpaired) electrons. The fraction of sp³-hybridized carbons (Fsp3) is 0.176. The number of sulfonamides is 1. The van der Waals surface area contributed by atoms with Crippen molar-refractivity contribution in [2.75, 3.05) is 13.7 Å². The molecule has 3 aromatic rings. The molecule has 5 nitrogen and oxygen atoms in total. The number of rotatable bonds is 6. The van der Waals surface area contributed by atoms with Gasteiger partial charge in [-0.3, -0.25) is 0 Å². The number of ether oxygens (including phenoxy) is 1. The van der Waals surface area contributed by atoms with Gasteiger partial charge in [0, 0.05) is 28.7 Å². The number of aromatic nitrogens is 1. The monoisotopic (exact) mass is 398 g/mol. The van der Waals surface area contributed by atoms with Gasteiger partial charge in [0.25, 0.3) is 0 Å². The normalized spacial score (nSPS) is 11.8. The van der Waals surface area contributed by atoms with Crippen molar-refractivity contribution in [3.63, 3.8) is 0 Å². The summed E-state index contributed by atoms with van der Waals surface area (Å²) < 4.78 is 32.4. The lowest BCUT2D eigenvalue weighted by Crippen LogP contribution is -2.26. The van der Waals surface area contributed by atoms with Gasteiger partial charge in [0.15, 0.2) is 0 Å². The van der Waals surface area contributed by atoms with Crippen LogP contribution in [0.3, 0.4) is 0 Å². The Bertz CT molecular complexity index is 1020. The van der Waals surface area contributed by atoms with Gasteiger partial charge in [-0.15, -0.1) is 0 Å². The van der Waals surface area contributed by atoms with Gasteiger partial charge in [-0.25, -0.2) is 13.1 Å². The lowest BCUT2D eigenvalue weighted by Gasteiger charge is -2.09. The highest BCUT2D eigenvalue weighted by molar-refractivity contribution is 7.89. The van der Waals surface area contributed by atoms with Crippen LogP contribution in [-0.2, 0) is 16.4 Å². The first kappa shape index (κ1) is 18.1. The van der Waals surface area contributed by atoms with Crippen molar-refractivity contribution in [3.05, 3.63) is 58.2 Å². The Morgan fingerprint density at radius 1 is 1.16 bits per heavy atom. The topological polar surface area (TPSA) is 71.2 Å². The molecule has 25 heavy (non-hydrogen) atoms. The van der Waals surface area contributed by atoms with Crippen molar-refractivity contribution in [3.8, 4) is 5.75 Å². The lowest BCUT2D eigenvalue weighted by molar-refractivity contribution is 0.414. The zero-order valence-corrected chi connectivity index (χ0v) is 15.7. The van der Waals surface area contributed by atoms with Crippen molar-refractivity contribution in [1.82, 2.24) is 9.71 Å². The zero-order chi connectivity index (χ0) is 18.0. The molecular weight excluding hydrogens is 383 g/mol. The standard InChI is InChI=1S/C17H16Cl2N2O3S/c1-24-17-5-3-13(9-15(17)19)25(22,23)21-7-6-11-10-20-16-8-12(18)2-4-14(11)16/h2-5,8-10,20-21H,6-7H2,1H3. The molecule has 0 aliphatic heterocycles. The number of methoxy groups -OCH3 is 1. The van der Waals surface area contributed by atoms with E-state index >= 15 is 0 Å². The second-order valence-electron chi connectivity index (χ2n) is 5.45. The minimum absolute atomic E-state index is 0.101. The smallest absolute Gasteiger partial charge is 0.240 e. The summed E-state index contributed by atoms with van der Waals surface area (Å²) in [6.07, 6.45) is 2.41. The molecular formula is C17H16Cl2N2O3S. The average Bonchev–Trinajstić information content (AvgIpc) is 2.96. The number of aromatic amines is 1. The van der Waals surface area contributed by atoms with Crippen molar-refractivity contribution in [1.29, 1.82) is 0 Å². The van der Waals surface area contributed by atoms with Crippen LogP contribution in [0.2, 0.25) is 10.0 Å². The predicted molar refractivity (Wildman–Crippen MR) is 100 cm³/mol. The molecule has 0 fully saturated rings. The molecule has 0 unspecified atom stereocenters. The third kappa shape index (κ3) is 3.93. The van der Waals surface area contributed by atoms with Crippen LogP contribution in [0.25, 0.3) is 10.9 Å². The molecule has 1 heterocycles. The fourth-order valence-electron chi connectivity index (χ4n) is 2.58. The molecule has 2 aromatic carbocycles. The van der Waals surface area contributed by atoms with Crippen LogP contribution >= 0.6 is 23.2 Å². The maximum absolute atomic E-state index is 12.4. The molecule has 0 bridgehead atoms.